The van der Waals surface area contributed by atoms with Gasteiger partial charge in [0.05, 0.1) is 6.10 Å². The summed E-state index contributed by atoms with van der Waals surface area (Å²) in [5.41, 5.74) is 0. The Kier molecular flexibility index (Phi) is 3.53. The van der Waals surface area contributed by atoms with Gasteiger partial charge in [-0.1, -0.05) is 22.9 Å². The van der Waals surface area contributed by atoms with Crippen molar-refractivity contribution < 1.29 is 13.5 Å². The van der Waals surface area contributed by atoms with Crippen LogP contribution in [0.1, 0.15) is 20.8 Å². The van der Waals surface area contributed by atoms with Gasteiger partial charge in [-0.2, -0.15) is 0 Å². The fourth-order valence-corrected chi connectivity index (χ4v) is 2.31. The number of aliphatic hydroxyl groups is 1. The minimum absolute atomic E-state index is 0.0274. The molecule has 5 heteroatoms. The van der Waals surface area contributed by atoms with Crippen LogP contribution in [0.2, 0.25) is 0 Å². The van der Waals surface area contributed by atoms with Crippen molar-refractivity contribution in [2.24, 2.45) is 0 Å². The van der Waals surface area contributed by atoms with Gasteiger partial charge in [0.1, 0.15) is 3.66 Å². The Morgan fingerprint density at radius 2 is 2.00 bits per heavy atom. The lowest BCUT2D eigenvalue weighted by Crippen LogP contribution is -2.40. The second-order valence-electron chi connectivity index (χ2n) is 2.57. The zero-order valence-corrected chi connectivity index (χ0v) is 9.24. The van der Waals surface area contributed by atoms with Crippen LogP contribution < -0.4 is 0 Å². The molecule has 0 radical (unpaired) electrons. The van der Waals surface area contributed by atoms with Crippen molar-refractivity contribution >= 4 is 25.8 Å². The first kappa shape index (κ1) is 11.4. The van der Waals surface area contributed by atoms with E-state index in [1.807, 2.05) is 0 Å². The average Bonchev–Trinajstić information content (AvgIpc) is 1.87. The van der Waals surface area contributed by atoms with E-state index in [0.29, 0.717) is 0 Å². The van der Waals surface area contributed by atoms with Crippen LogP contribution in [0.15, 0.2) is 0 Å². The van der Waals surface area contributed by atoms with Crippen LogP contribution in [-0.2, 0) is 9.84 Å². The summed E-state index contributed by atoms with van der Waals surface area (Å²) in [7, 11) is -3.23. The normalized spacial score (nSPS) is 20.8. The van der Waals surface area contributed by atoms with Crippen LogP contribution in [0.25, 0.3) is 0 Å². The molecule has 0 aromatic heterocycles. The zero-order valence-electron chi connectivity index (χ0n) is 6.83. The maximum absolute atomic E-state index is 11.3. The van der Waals surface area contributed by atoms with Crippen molar-refractivity contribution in [1.29, 1.82) is 0 Å². The lowest BCUT2D eigenvalue weighted by molar-refractivity contribution is 0.184. The van der Waals surface area contributed by atoms with Crippen LogP contribution in [0.5, 0.6) is 0 Å². The first-order chi connectivity index (χ1) is 4.75. The maximum atomic E-state index is 11.3. The number of halogens is 1. The van der Waals surface area contributed by atoms with Crippen molar-refractivity contribution in [2.45, 2.75) is 30.5 Å². The second-order valence-corrected chi connectivity index (χ2v) is 7.39. The molecule has 0 fully saturated rings. The molecule has 0 saturated carbocycles. The molecule has 1 N–H and O–H groups in total. The van der Waals surface area contributed by atoms with Crippen LogP contribution in [-0.4, -0.2) is 29.0 Å². The van der Waals surface area contributed by atoms with E-state index < -0.39 is 19.6 Å². The SMILES string of the molecule is CCS(=O)(=O)[C@](C)(Br)[C@H](C)O. The minimum Gasteiger partial charge on any atom is -0.391 e. The van der Waals surface area contributed by atoms with Gasteiger partial charge in [-0.3, -0.25) is 0 Å². The highest BCUT2D eigenvalue weighted by Gasteiger charge is 2.39. The highest BCUT2D eigenvalue weighted by atomic mass is 79.9. The van der Waals surface area contributed by atoms with E-state index in [1.165, 1.54) is 13.8 Å². The first-order valence-electron chi connectivity index (χ1n) is 3.35. The van der Waals surface area contributed by atoms with Gasteiger partial charge in [0.2, 0.25) is 0 Å². The molecule has 0 saturated heterocycles. The molecule has 0 bridgehead atoms. The maximum Gasteiger partial charge on any atom is 0.167 e. The third kappa shape index (κ3) is 2.16. The Labute approximate surface area is 75.9 Å². The Hall–Kier alpha value is 0.390. The molecule has 0 rings (SSSR count). The minimum atomic E-state index is -3.23. The number of hydrogen-bond donors (Lipinski definition) is 1. The molecule has 0 aromatic rings. The van der Waals surface area contributed by atoms with Crippen LogP contribution in [0, 0.1) is 0 Å². The standard InChI is InChI=1S/C6H13BrO3S/c1-4-11(9,10)6(3,7)5(2)8/h5,8H,4H2,1-3H3/t5-,6-/m0/s1. The van der Waals surface area contributed by atoms with Gasteiger partial charge in [0.15, 0.2) is 9.84 Å². The Morgan fingerprint density at radius 1 is 1.64 bits per heavy atom. The van der Waals surface area contributed by atoms with E-state index in [0.717, 1.165) is 0 Å². The van der Waals surface area contributed by atoms with Gasteiger partial charge in [-0.15, -0.1) is 0 Å². The van der Waals surface area contributed by atoms with E-state index >= 15 is 0 Å². The molecule has 0 aliphatic rings. The van der Waals surface area contributed by atoms with E-state index in [4.69, 9.17) is 5.11 Å². The molecule has 68 valence electrons. The first-order valence-corrected chi connectivity index (χ1v) is 5.79. The summed E-state index contributed by atoms with van der Waals surface area (Å²) in [6.07, 6.45) is -0.910. The molecule has 0 unspecified atom stereocenters. The average molecular weight is 245 g/mol. The molecule has 0 aromatic carbocycles. The lowest BCUT2D eigenvalue weighted by Gasteiger charge is -2.24. The fourth-order valence-electron chi connectivity index (χ4n) is 0.542. The summed E-state index contributed by atoms with van der Waals surface area (Å²) in [4.78, 5) is 0. The van der Waals surface area contributed by atoms with Crippen molar-refractivity contribution in [3.63, 3.8) is 0 Å². The Morgan fingerprint density at radius 3 is 2.09 bits per heavy atom. The summed E-state index contributed by atoms with van der Waals surface area (Å²) >= 11 is 2.99. The van der Waals surface area contributed by atoms with Crippen LogP contribution in [0.4, 0.5) is 0 Å². The summed E-state index contributed by atoms with van der Waals surface area (Å²) in [6.45, 7) is 4.45. The fraction of sp³-hybridized carbons (Fsp3) is 1.00. The highest BCUT2D eigenvalue weighted by molar-refractivity contribution is 9.11. The van der Waals surface area contributed by atoms with Gasteiger partial charge in [0, 0.05) is 5.75 Å². The summed E-state index contributed by atoms with van der Waals surface area (Å²) in [6, 6.07) is 0. The molecular formula is C6H13BrO3S. The molecular weight excluding hydrogens is 232 g/mol. The lowest BCUT2D eigenvalue weighted by atomic mass is 10.3. The van der Waals surface area contributed by atoms with Crippen molar-refractivity contribution in [1.82, 2.24) is 0 Å². The van der Waals surface area contributed by atoms with Gasteiger partial charge >= 0.3 is 0 Å². The number of rotatable bonds is 3. The molecule has 11 heavy (non-hydrogen) atoms. The third-order valence-corrected chi connectivity index (χ3v) is 6.19. The predicted octanol–water partition coefficient (Wildman–Crippen LogP) is 0.913. The van der Waals surface area contributed by atoms with Crippen molar-refractivity contribution in [3.8, 4) is 0 Å². The van der Waals surface area contributed by atoms with Crippen LogP contribution in [0.3, 0.4) is 0 Å². The smallest absolute Gasteiger partial charge is 0.167 e. The van der Waals surface area contributed by atoms with Gasteiger partial charge in [-0.05, 0) is 13.8 Å². The molecule has 0 amide bonds. The molecule has 0 aliphatic heterocycles. The second kappa shape index (κ2) is 3.41. The van der Waals surface area contributed by atoms with E-state index in [9.17, 15) is 8.42 Å². The largest absolute Gasteiger partial charge is 0.391 e. The summed E-state index contributed by atoms with van der Waals surface area (Å²) < 4.78 is 21.3. The van der Waals surface area contributed by atoms with E-state index in [2.05, 4.69) is 15.9 Å². The van der Waals surface area contributed by atoms with Crippen molar-refractivity contribution in [2.75, 3.05) is 5.75 Å². The van der Waals surface area contributed by atoms with Crippen LogP contribution >= 0.6 is 15.9 Å². The third-order valence-electron chi connectivity index (χ3n) is 1.73. The van der Waals surface area contributed by atoms with E-state index in [-0.39, 0.29) is 5.75 Å². The summed E-state index contributed by atoms with van der Waals surface area (Å²) in [5.74, 6) is 0.0274. The number of sulfone groups is 1. The molecule has 3 nitrogen and oxygen atoms in total. The number of alkyl halides is 1. The predicted molar refractivity (Wildman–Crippen MR) is 48.5 cm³/mol. The van der Waals surface area contributed by atoms with Gasteiger partial charge in [-0.25, -0.2) is 8.42 Å². The van der Waals surface area contributed by atoms with Gasteiger partial charge < -0.3 is 5.11 Å². The Bertz CT molecular complexity index is 218. The van der Waals surface area contributed by atoms with Gasteiger partial charge in [0.25, 0.3) is 0 Å². The topological polar surface area (TPSA) is 54.4 Å². The quantitative estimate of drug-likeness (QED) is 0.752. The molecule has 0 spiro atoms. The number of hydrogen-bond acceptors (Lipinski definition) is 3. The Balaban J connectivity index is 4.85. The van der Waals surface area contributed by atoms with E-state index in [1.54, 1.807) is 6.92 Å². The van der Waals surface area contributed by atoms with Crippen molar-refractivity contribution in [3.05, 3.63) is 0 Å². The molecule has 0 heterocycles. The summed E-state index contributed by atoms with van der Waals surface area (Å²) in [5, 5.41) is 9.12. The number of aliphatic hydroxyl groups excluding tert-OH is 1. The monoisotopic (exact) mass is 244 g/mol. The molecule has 2 atom stereocenters. The molecule has 0 aliphatic carbocycles. The highest BCUT2D eigenvalue weighted by Crippen LogP contribution is 2.29. The zero-order chi connectivity index (χ0) is 9.28.